The average molecular weight is 626 g/mol. The van der Waals surface area contributed by atoms with Crippen molar-refractivity contribution in [3.8, 4) is 55.6 Å². The maximum absolute atomic E-state index is 2.36. The lowest BCUT2D eigenvalue weighted by molar-refractivity contribution is 1.28. The van der Waals surface area contributed by atoms with Gasteiger partial charge < -0.3 is 4.90 Å². The van der Waals surface area contributed by atoms with Gasteiger partial charge in [-0.2, -0.15) is 0 Å². The molecule has 0 bridgehead atoms. The van der Waals surface area contributed by atoms with Gasteiger partial charge in [-0.1, -0.05) is 164 Å². The van der Waals surface area contributed by atoms with Gasteiger partial charge >= 0.3 is 0 Å². The minimum absolute atomic E-state index is 1.10. The number of hydrogen-bond acceptors (Lipinski definition) is 1. The third kappa shape index (κ3) is 6.56. The Hall–Kier alpha value is -6.44. The van der Waals surface area contributed by atoms with E-state index in [9.17, 15) is 0 Å². The van der Waals surface area contributed by atoms with Crippen LogP contribution in [-0.2, 0) is 0 Å². The van der Waals surface area contributed by atoms with E-state index in [4.69, 9.17) is 0 Å². The number of hydrogen-bond donors (Lipinski definition) is 0. The zero-order chi connectivity index (χ0) is 32.8. The molecule has 8 rings (SSSR count). The summed E-state index contributed by atoms with van der Waals surface area (Å²) < 4.78 is 0. The first-order chi connectivity index (χ1) is 24.3. The minimum atomic E-state index is 1.10. The molecule has 232 valence electrons. The van der Waals surface area contributed by atoms with Crippen LogP contribution in [0.4, 0.5) is 17.1 Å². The Morgan fingerprint density at radius 1 is 0.184 bits per heavy atom. The van der Waals surface area contributed by atoms with E-state index in [0.717, 1.165) is 17.1 Å². The summed E-state index contributed by atoms with van der Waals surface area (Å²) in [5, 5.41) is 0. The van der Waals surface area contributed by atoms with Crippen LogP contribution in [0.3, 0.4) is 0 Å². The van der Waals surface area contributed by atoms with Crippen LogP contribution < -0.4 is 4.90 Å². The van der Waals surface area contributed by atoms with Gasteiger partial charge in [0.2, 0.25) is 0 Å². The molecule has 49 heavy (non-hydrogen) atoms. The summed E-state index contributed by atoms with van der Waals surface area (Å²) in [6.45, 7) is 0. The molecule has 0 aliphatic rings. The Kier molecular flexibility index (Phi) is 8.39. The molecule has 0 N–H and O–H groups in total. The highest BCUT2D eigenvalue weighted by Crippen LogP contribution is 2.39. The van der Waals surface area contributed by atoms with Crippen molar-refractivity contribution in [3.63, 3.8) is 0 Å². The second kappa shape index (κ2) is 13.7. The number of benzene rings is 8. The Balaban J connectivity index is 1.21. The molecule has 1 nitrogen and oxygen atoms in total. The summed E-state index contributed by atoms with van der Waals surface area (Å²) in [7, 11) is 0. The van der Waals surface area contributed by atoms with Crippen LogP contribution in [0.1, 0.15) is 0 Å². The van der Waals surface area contributed by atoms with E-state index in [1.807, 2.05) is 0 Å². The summed E-state index contributed by atoms with van der Waals surface area (Å²) in [5.74, 6) is 0. The van der Waals surface area contributed by atoms with Gasteiger partial charge in [0.25, 0.3) is 0 Å². The van der Waals surface area contributed by atoms with E-state index in [1.54, 1.807) is 0 Å². The van der Waals surface area contributed by atoms with Crippen molar-refractivity contribution < 1.29 is 0 Å². The first-order valence-electron chi connectivity index (χ1n) is 16.8. The SMILES string of the molecule is c1ccc(-c2ccc(N(c3cccc(-c4cccc(-c5ccccc5)c4)c3)c3cccc(-c4cccc(-c5ccccc5)c4)c3)cc2)cc1. The fourth-order valence-corrected chi connectivity index (χ4v) is 6.55. The van der Waals surface area contributed by atoms with Gasteiger partial charge in [0.1, 0.15) is 0 Å². The van der Waals surface area contributed by atoms with Crippen molar-refractivity contribution in [1.29, 1.82) is 0 Å². The molecule has 0 atom stereocenters. The molecule has 0 spiro atoms. The minimum Gasteiger partial charge on any atom is -0.310 e. The predicted molar refractivity (Wildman–Crippen MR) is 208 cm³/mol. The molecule has 0 amide bonds. The highest BCUT2D eigenvalue weighted by atomic mass is 15.1. The predicted octanol–water partition coefficient (Wildman–Crippen LogP) is 13.5. The van der Waals surface area contributed by atoms with Crippen molar-refractivity contribution in [1.82, 2.24) is 0 Å². The molecule has 0 heterocycles. The van der Waals surface area contributed by atoms with Gasteiger partial charge in [-0.25, -0.2) is 0 Å². The summed E-state index contributed by atoms with van der Waals surface area (Å²) in [5.41, 5.74) is 15.3. The Morgan fingerprint density at radius 2 is 0.469 bits per heavy atom. The first-order valence-corrected chi connectivity index (χ1v) is 16.8. The lowest BCUT2D eigenvalue weighted by Crippen LogP contribution is -2.10. The van der Waals surface area contributed by atoms with Crippen molar-refractivity contribution in [2.75, 3.05) is 4.90 Å². The molecule has 0 radical (unpaired) electrons. The molecule has 0 fully saturated rings. The maximum Gasteiger partial charge on any atom is 0.0467 e. The summed E-state index contributed by atoms with van der Waals surface area (Å²) in [6.07, 6.45) is 0. The molecule has 0 saturated carbocycles. The smallest absolute Gasteiger partial charge is 0.0467 e. The molecule has 0 aliphatic heterocycles. The second-order valence-electron chi connectivity index (χ2n) is 12.2. The van der Waals surface area contributed by atoms with E-state index in [2.05, 4.69) is 217 Å². The van der Waals surface area contributed by atoms with E-state index < -0.39 is 0 Å². The molecule has 8 aromatic carbocycles. The van der Waals surface area contributed by atoms with Crippen molar-refractivity contribution in [2.24, 2.45) is 0 Å². The van der Waals surface area contributed by atoms with Crippen LogP contribution in [0.5, 0.6) is 0 Å². The zero-order valence-electron chi connectivity index (χ0n) is 27.2. The van der Waals surface area contributed by atoms with Crippen LogP contribution in [0.2, 0.25) is 0 Å². The van der Waals surface area contributed by atoms with Crippen molar-refractivity contribution >= 4 is 17.1 Å². The topological polar surface area (TPSA) is 3.24 Å². The van der Waals surface area contributed by atoms with Gasteiger partial charge in [0, 0.05) is 17.1 Å². The van der Waals surface area contributed by atoms with Crippen LogP contribution >= 0.6 is 0 Å². The summed E-state index contributed by atoms with van der Waals surface area (Å²) in [4.78, 5) is 2.36. The van der Waals surface area contributed by atoms with E-state index in [1.165, 1.54) is 55.6 Å². The van der Waals surface area contributed by atoms with Gasteiger partial charge in [-0.15, -0.1) is 0 Å². The second-order valence-corrected chi connectivity index (χ2v) is 12.2. The van der Waals surface area contributed by atoms with Crippen LogP contribution in [0, 0.1) is 0 Å². The standard InChI is InChI=1S/C48H35N/c1-4-14-36(15-5-1)39-28-30-46(31-29-39)49(47-26-12-24-44(34-47)42-22-10-20-40(32-42)37-16-6-2-7-17-37)48-27-13-25-45(35-48)43-23-11-21-41(33-43)38-18-8-3-9-19-38/h1-35H. The molecular weight excluding hydrogens is 591 g/mol. The van der Waals surface area contributed by atoms with Crippen LogP contribution in [-0.4, -0.2) is 0 Å². The van der Waals surface area contributed by atoms with E-state index in [0.29, 0.717) is 0 Å². The zero-order valence-corrected chi connectivity index (χ0v) is 27.2. The third-order valence-corrected chi connectivity index (χ3v) is 9.05. The quantitative estimate of drug-likeness (QED) is 0.162. The largest absolute Gasteiger partial charge is 0.310 e. The lowest BCUT2D eigenvalue weighted by atomic mass is 9.97. The maximum atomic E-state index is 2.36. The van der Waals surface area contributed by atoms with Gasteiger partial charge in [-0.05, 0) is 104 Å². The highest BCUT2D eigenvalue weighted by Gasteiger charge is 2.15. The van der Waals surface area contributed by atoms with Crippen LogP contribution in [0.15, 0.2) is 212 Å². The number of anilines is 3. The van der Waals surface area contributed by atoms with Crippen molar-refractivity contribution in [3.05, 3.63) is 212 Å². The molecule has 0 aromatic heterocycles. The molecule has 0 saturated heterocycles. The molecule has 8 aromatic rings. The lowest BCUT2D eigenvalue weighted by Gasteiger charge is -2.27. The molecule has 0 unspecified atom stereocenters. The normalized spacial score (nSPS) is 10.9. The van der Waals surface area contributed by atoms with Gasteiger partial charge in [-0.3, -0.25) is 0 Å². The molecular formula is C48H35N. The van der Waals surface area contributed by atoms with Gasteiger partial charge in [0.15, 0.2) is 0 Å². The third-order valence-electron chi connectivity index (χ3n) is 9.05. The Labute approximate surface area is 289 Å². The van der Waals surface area contributed by atoms with Crippen molar-refractivity contribution in [2.45, 2.75) is 0 Å². The van der Waals surface area contributed by atoms with Crippen LogP contribution in [0.25, 0.3) is 55.6 Å². The number of nitrogens with zero attached hydrogens (tertiary/aromatic N) is 1. The first kappa shape index (κ1) is 29.9. The Morgan fingerprint density at radius 3 is 0.878 bits per heavy atom. The summed E-state index contributed by atoms with van der Waals surface area (Å²) in [6, 6.07) is 76.0. The van der Waals surface area contributed by atoms with E-state index in [-0.39, 0.29) is 0 Å². The van der Waals surface area contributed by atoms with Gasteiger partial charge in [0.05, 0.1) is 0 Å². The number of rotatable bonds is 8. The van der Waals surface area contributed by atoms with E-state index >= 15 is 0 Å². The highest BCUT2D eigenvalue weighted by molar-refractivity contribution is 5.84. The fraction of sp³-hybridized carbons (Fsp3) is 0. The Bertz CT molecular complexity index is 2180. The summed E-state index contributed by atoms with van der Waals surface area (Å²) >= 11 is 0. The molecule has 0 aliphatic carbocycles. The monoisotopic (exact) mass is 625 g/mol. The molecule has 1 heteroatoms. The average Bonchev–Trinajstić information content (AvgIpc) is 3.20. The fourth-order valence-electron chi connectivity index (χ4n) is 6.55.